The van der Waals surface area contributed by atoms with Crippen molar-refractivity contribution in [3.05, 3.63) is 52.6 Å². The van der Waals surface area contributed by atoms with Gasteiger partial charge in [-0.25, -0.2) is 0 Å². The lowest BCUT2D eigenvalue weighted by atomic mass is 9.93. The molecule has 1 saturated heterocycles. The molecule has 2 aromatic rings. The van der Waals surface area contributed by atoms with Crippen LogP contribution in [-0.4, -0.2) is 39.1 Å². The highest BCUT2D eigenvalue weighted by molar-refractivity contribution is 6.31. The van der Waals surface area contributed by atoms with Gasteiger partial charge in [0.1, 0.15) is 0 Å². The van der Waals surface area contributed by atoms with Crippen molar-refractivity contribution in [3.63, 3.8) is 0 Å². The van der Waals surface area contributed by atoms with Crippen LogP contribution in [-0.2, 0) is 0 Å². The molecule has 2 aromatic heterocycles. The Morgan fingerprint density at radius 2 is 2.00 bits per heavy atom. The number of halogens is 1. The van der Waals surface area contributed by atoms with Crippen LogP contribution < -0.4 is 0 Å². The molecule has 0 unspecified atom stereocenters. The Kier molecular flexibility index (Phi) is 4.34. The molecule has 1 amide bonds. The summed E-state index contributed by atoms with van der Waals surface area (Å²) in [7, 11) is 0. The number of carbonyl (C=O) groups is 1. The van der Waals surface area contributed by atoms with E-state index in [4.69, 9.17) is 11.6 Å². The molecular weight excluding hydrogens is 300 g/mol. The first-order chi connectivity index (χ1) is 10.6. The maximum absolute atomic E-state index is 12.4. The fourth-order valence-corrected chi connectivity index (χ4v) is 3.01. The molecule has 0 atom stereocenters. The van der Waals surface area contributed by atoms with E-state index in [2.05, 4.69) is 15.2 Å². The van der Waals surface area contributed by atoms with Crippen molar-refractivity contribution in [2.75, 3.05) is 13.1 Å². The van der Waals surface area contributed by atoms with Crippen LogP contribution >= 0.6 is 11.6 Å². The maximum atomic E-state index is 12.4. The molecule has 1 fully saturated rings. The van der Waals surface area contributed by atoms with Gasteiger partial charge in [-0.1, -0.05) is 11.6 Å². The molecule has 0 saturated carbocycles. The highest BCUT2D eigenvalue weighted by atomic mass is 35.5. The first-order valence-corrected chi connectivity index (χ1v) is 7.73. The molecular formula is C16H17ClN4O. The van der Waals surface area contributed by atoms with Gasteiger partial charge in [0.25, 0.3) is 5.91 Å². The third-order valence-corrected chi connectivity index (χ3v) is 4.29. The third-order valence-electron chi connectivity index (χ3n) is 3.97. The van der Waals surface area contributed by atoms with E-state index in [0.29, 0.717) is 29.7 Å². The summed E-state index contributed by atoms with van der Waals surface area (Å²) in [6.45, 7) is 3.22. The van der Waals surface area contributed by atoms with E-state index in [1.54, 1.807) is 18.3 Å². The largest absolute Gasteiger partial charge is 0.337 e. The molecule has 22 heavy (non-hydrogen) atoms. The van der Waals surface area contributed by atoms with Gasteiger partial charge in [-0.15, -0.1) is 5.10 Å². The van der Waals surface area contributed by atoms with Crippen molar-refractivity contribution in [2.24, 2.45) is 0 Å². The average Bonchev–Trinajstić information content (AvgIpc) is 2.56. The van der Waals surface area contributed by atoms with Crippen molar-refractivity contribution in [3.8, 4) is 0 Å². The molecule has 0 aliphatic carbocycles. The molecule has 5 nitrogen and oxygen atoms in total. The first-order valence-electron chi connectivity index (χ1n) is 7.35. The van der Waals surface area contributed by atoms with E-state index in [0.717, 1.165) is 24.2 Å². The molecule has 0 N–H and O–H groups in total. The number of pyridine rings is 1. The van der Waals surface area contributed by atoms with Crippen molar-refractivity contribution >= 4 is 17.5 Å². The summed E-state index contributed by atoms with van der Waals surface area (Å²) in [6, 6.07) is 7.23. The molecule has 3 rings (SSSR count). The lowest BCUT2D eigenvalue weighted by Crippen LogP contribution is -2.38. The summed E-state index contributed by atoms with van der Waals surface area (Å²) in [6.07, 6.45) is 3.49. The number of carbonyl (C=O) groups excluding carboxylic acids is 1. The smallest absolute Gasteiger partial charge is 0.274 e. The second kappa shape index (κ2) is 6.40. The van der Waals surface area contributed by atoms with Gasteiger partial charge in [0.15, 0.2) is 5.69 Å². The summed E-state index contributed by atoms with van der Waals surface area (Å²) >= 11 is 6.21. The molecule has 3 heterocycles. The highest BCUT2D eigenvalue weighted by Crippen LogP contribution is 2.31. The van der Waals surface area contributed by atoms with Gasteiger partial charge in [-0.05, 0) is 44.0 Å². The SMILES string of the molecule is Cc1ccc(C(=O)N2CCC(c3ncccc3Cl)CC2)nn1. The second-order valence-corrected chi connectivity index (χ2v) is 5.90. The Morgan fingerprint density at radius 3 is 2.64 bits per heavy atom. The summed E-state index contributed by atoms with van der Waals surface area (Å²) < 4.78 is 0. The maximum Gasteiger partial charge on any atom is 0.274 e. The summed E-state index contributed by atoms with van der Waals surface area (Å²) in [5, 5.41) is 8.62. The van der Waals surface area contributed by atoms with E-state index in [9.17, 15) is 4.79 Å². The molecule has 6 heteroatoms. The van der Waals surface area contributed by atoms with Crippen LogP contribution in [0.4, 0.5) is 0 Å². The van der Waals surface area contributed by atoms with Gasteiger partial charge in [0, 0.05) is 25.2 Å². The number of likely N-dealkylation sites (tertiary alicyclic amines) is 1. The van der Waals surface area contributed by atoms with Crippen LogP contribution in [0.3, 0.4) is 0 Å². The van der Waals surface area contributed by atoms with Gasteiger partial charge in [0.2, 0.25) is 0 Å². The topological polar surface area (TPSA) is 59.0 Å². The average molecular weight is 317 g/mol. The normalized spacial score (nSPS) is 15.8. The fraction of sp³-hybridized carbons (Fsp3) is 0.375. The van der Waals surface area contributed by atoms with E-state index in [-0.39, 0.29) is 5.91 Å². The van der Waals surface area contributed by atoms with E-state index >= 15 is 0 Å². The number of aryl methyl sites for hydroxylation is 1. The lowest BCUT2D eigenvalue weighted by molar-refractivity contribution is 0.0705. The minimum Gasteiger partial charge on any atom is -0.337 e. The van der Waals surface area contributed by atoms with Crippen LogP contribution in [0.5, 0.6) is 0 Å². The Morgan fingerprint density at radius 1 is 1.23 bits per heavy atom. The zero-order valence-electron chi connectivity index (χ0n) is 12.4. The second-order valence-electron chi connectivity index (χ2n) is 5.50. The Balaban J connectivity index is 1.65. The van der Waals surface area contributed by atoms with Crippen molar-refractivity contribution in [1.29, 1.82) is 0 Å². The quantitative estimate of drug-likeness (QED) is 0.855. The standard InChI is InChI=1S/C16H17ClN4O/c1-11-4-5-14(20-19-11)16(22)21-9-6-12(7-10-21)15-13(17)3-2-8-18-15/h2-5,8,12H,6-7,9-10H2,1H3. The molecule has 1 aliphatic heterocycles. The zero-order chi connectivity index (χ0) is 15.5. The minimum atomic E-state index is -0.0573. The van der Waals surface area contributed by atoms with Gasteiger partial charge in [-0.2, -0.15) is 5.10 Å². The summed E-state index contributed by atoms with van der Waals surface area (Å²) in [4.78, 5) is 18.6. The van der Waals surface area contributed by atoms with Gasteiger partial charge < -0.3 is 4.90 Å². The number of piperidine rings is 1. The number of rotatable bonds is 2. The molecule has 0 radical (unpaired) electrons. The lowest BCUT2D eigenvalue weighted by Gasteiger charge is -2.31. The van der Waals surface area contributed by atoms with Gasteiger partial charge in [-0.3, -0.25) is 9.78 Å². The van der Waals surface area contributed by atoms with Gasteiger partial charge >= 0.3 is 0 Å². The van der Waals surface area contributed by atoms with Crippen LogP contribution in [0.1, 0.15) is 40.6 Å². The first kappa shape index (κ1) is 14.9. The van der Waals surface area contributed by atoms with E-state index in [1.165, 1.54) is 0 Å². The monoisotopic (exact) mass is 316 g/mol. The number of amides is 1. The van der Waals surface area contributed by atoms with E-state index < -0.39 is 0 Å². The molecule has 0 bridgehead atoms. The number of hydrogen-bond donors (Lipinski definition) is 0. The molecule has 0 aromatic carbocycles. The predicted octanol–water partition coefficient (Wildman–Crippen LogP) is 2.85. The van der Waals surface area contributed by atoms with E-state index in [1.807, 2.05) is 24.0 Å². The number of nitrogens with zero attached hydrogens (tertiary/aromatic N) is 4. The molecule has 1 aliphatic rings. The van der Waals surface area contributed by atoms with Crippen molar-refractivity contribution < 1.29 is 4.79 Å². The number of hydrogen-bond acceptors (Lipinski definition) is 4. The summed E-state index contributed by atoms with van der Waals surface area (Å²) in [5.41, 5.74) is 2.14. The minimum absolute atomic E-state index is 0.0573. The summed E-state index contributed by atoms with van der Waals surface area (Å²) in [5.74, 6) is 0.250. The van der Waals surface area contributed by atoms with Crippen LogP contribution in [0.2, 0.25) is 5.02 Å². The molecule has 114 valence electrons. The van der Waals surface area contributed by atoms with Gasteiger partial charge in [0.05, 0.1) is 16.4 Å². The predicted molar refractivity (Wildman–Crippen MR) is 83.9 cm³/mol. The third kappa shape index (κ3) is 3.09. The zero-order valence-corrected chi connectivity index (χ0v) is 13.1. The van der Waals surface area contributed by atoms with Crippen LogP contribution in [0.25, 0.3) is 0 Å². The highest BCUT2D eigenvalue weighted by Gasteiger charge is 2.27. The van der Waals surface area contributed by atoms with Crippen LogP contribution in [0.15, 0.2) is 30.5 Å². The van der Waals surface area contributed by atoms with Crippen LogP contribution in [0, 0.1) is 6.92 Å². The Labute approximate surface area is 134 Å². The Hall–Kier alpha value is -2.01. The van der Waals surface area contributed by atoms with Crippen molar-refractivity contribution in [2.45, 2.75) is 25.7 Å². The van der Waals surface area contributed by atoms with Crippen molar-refractivity contribution in [1.82, 2.24) is 20.1 Å². The Bertz CT molecular complexity index is 666. The fourth-order valence-electron chi connectivity index (χ4n) is 2.73. The number of aromatic nitrogens is 3. The molecule has 0 spiro atoms.